The van der Waals surface area contributed by atoms with Crippen molar-refractivity contribution in [2.75, 3.05) is 10.6 Å². The number of hydrogen-bond donors (Lipinski definition) is 2. The van der Waals surface area contributed by atoms with Crippen molar-refractivity contribution in [1.29, 1.82) is 0 Å². The number of aryl methyl sites for hydroxylation is 1. The van der Waals surface area contributed by atoms with Gasteiger partial charge in [0.25, 0.3) is 0 Å². The quantitative estimate of drug-likeness (QED) is 0.605. The summed E-state index contributed by atoms with van der Waals surface area (Å²) < 4.78 is 0. The Bertz CT molecular complexity index is 933. The minimum absolute atomic E-state index is 0.454. The molecule has 3 aromatic rings. The van der Waals surface area contributed by atoms with Crippen LogP contribution in [0.4, 0.5) is 17.5 Å². The third kappa shape index (κ3) is 4.30. The number of anilines is 3. The number of hydrogen-bond acceptors (Lipinski definition) is 5. The van der Waals surface area contributed by atoms with Gasteiger partial charge in [0, 0.05) is 35.8 Å². The van der Waals surface area contributed by atoms with E-state index in [9.17, 15) is 0 Å². The molecule has 144 valence electrons. The maximum atomic E-state index is 4.79. The largest absolute Gasteiger partial charge is 0.351 e. The van der Waals surface area contributed by atoms with Gasteiger partial charge in [-0.1, -0.05) is 31.4 Å². The molecule has 2 heterocycles. The van der Waals surface area contributed by atoms with Gasteiger partial charge in [0.05, 0.1) is 5.69 Å². The molecule has 0 aliphatic heterocycles. The van der Waals surface area contributed by atoms with Gasteiger partial charge in [0.1, 0.15) is 5.82 Å². The summed E-state index contributed by atoms with van der Waals surface area (Å²) in [5.41, 5.74) is 5.49. The average molecular weight is 374 g/mol. The molecule has 0 spiro atoms. The van der Waals surface area contributed by atoms with Gasteiger partial charge in [-0.05, 0) is 56.0 Å². The molecule has 1 aliphatic rings. The minimum Gasteiger partial charge on any atom is -0.351 e. The fraction of sp³-hybridized carbons (Fsp3) is 0.348. The maximum absolute atomic E-state index is 4.79. The molecular weight excluding hydrogens is 346 g/mol. The predicted molar refractivity (Wildman–Crippen MR) is 115 cm³/mol. The Morgan fingerprint density at radius 1 is 0.929 bits per heavy atom. The number of rotatable bonds is 5. The maximum Gasteiger partial charge on any atom is 0.225 e. The Kier molecular flexibility index (Phi) is 5.51. The molecule has 2 aromatic heterocycles. The Hall–Kier alpha value is -2.95. The van der Waals surface area contributed by atoms with Crippen LogP contribution >= 0.6 is 0 Å². The lowest BCUT2D eigenvalue weighted by Gasteiger charge is -2.23. The molecular formula is C23H27N5. The van der Waals surface area contributed by atoms with Crippen LogP contribution in [0.2, 0.25) is 0 Å². The second-order valence-electron chi connectivity index (χ2n) is 7.55. The van der Waals surface area contributed by atoms with Crippen LogP contribution in [0.5, 0.6) is 0 Å². The highest BCUT2D eigenvalue weighted by Crippen LogP contribution is 2.27. The molecule has 1 aromatic carbocycles. The van der Waals surface area contributed by atoms with E-state index in [4.69, 9.17) is 9.97 Å². The molecule has 28 heavy (non-hydrogen) atoms. The molecule has 0 saturated heterocycles. The van der Waals surface area contributed by atoms with Crippen molar-refractivity contribution >= 4 is 17.5 Å². The van der Waals surface area contributed by atoms with Crippen molar-refractivity contribution in [3.05, 3.63) is 59.9 Å². The molecule has 5 heteroatoms. The molecule has 0 amide bonds. The number of nitrogens with one attached hydrogen (secondary N) is 2. The molecule has 1 saturated carbocycles. The summed E-state index contributed by atoms with van der Waals surface area (Å²) in [6, 6.07) is 12.7. The van der Waals surface area contributed by atoms with E-state index in [-0.39, 0.29) is 0 Å². The van der Waals surface area contributed by atoms with Crippen LogP contribution in [0, 0.1) is 13.8 Å². The van der Waals surface area contributed by atoms with Crippen LogP contribution < -0.4 is 10.6 Å². The molecule has 0 radical (unpaired) electrons. The van der Waals surface area contributed by atoms with Gasteiger partial charge in [0.2, 0.25) is 5.95 Å². The van der Waals surface area contributed by atoms with Crippen molar-refractivity contribution in [3.8, 4) is 11.3 Å². The summed E-state index contributed by atoms with van der Waals surface area (Å²) in [7, 11) is 0. The first kappa shape index (κ1) is 18.4. The first-order valence-corrected chi connectivity index (χ1v) is 10.1. The van der Waals surface area contributed by atoms with Crippen LogP contribution in [0.3, 0.4) is 0 Å². The first-order chi connectivity index (χ1) is 13.7. The van der Waals surface area contributed by atoms with Gasteiger partial charge in [-0.3, -0.25) is 4.98 Å². The third-order valence-corrected chi connectivity index (χ3v) is 5.51. The van der Waals surface area contributed by atoms with Crippen LogP contribution in [0.25, 0.3) is 11.3 Å². The summed E-state index contributed by atoms with van der Waals surface area (Å²) in [6.45, 7) is 4.25. The predicted octanol–water partition coefficient (Wildman–Crippen LogP) is 5.64. The fourth-order valence-corrected chi connectivity index (χ4v) is 3.70. The van der Waals surface area contributed by atoms with Crippen molar-refractivity contribution in [1.82, 2.24) is 15.0 Å². The zero-order valence-electron chi connectivity index (χ0n) is 16.6. The Balaban J connectivity index is 1.68. The topological polar surface area (TPSA) is 62.7 Å². The summed E-state index contributed by atoms with van der Waals surface area (Å²) in [5.74, 6) is 1.49. The zero-order valence-corrected chi connectivity index (χ0v) is 16.6. The van der Waals surface area contributed by atoms with Gasteiger partial charge in [-0.2, -0.15) is 4.98 Å². The van der Waals surface area contributed by atoms with Crippen molar-refractivity contribution in [2.45, 2.75) is 52.0 Å². The van der Waals surface area contributed by atoms with Gasteiger partial charge in [-0.25, -0.2) is 4.98 Å². The summed E-state index contributed by atoms with van der Waals surface area (Å²) in [6.07, 6.45) is 9.83. The SMILES string of the molecule is Cc1cccc(Nc2cc(-c3ccncc3)nc(NC3CCCCC3)n2)c1C. The monoisotopic (exact) mass is 373 g/mol. The second kappa shape index (κ2) is 8.38. The fourth-order valence-electron chi connectivity index (χ4n) is 3.70. The van der Waals surface area contributed by atoms with Crippen molar-refractivity contribution in [3.63, 3.8) is 0 Å². The number of pyridine rings is 1. The first-order valence-electron chi connectivity index (χ1n) is 10.1. The van der Waals surface area contributed by atoms with Crippen LogP contribution in [-0.4, -0.2) is 21.0 Å². The Morgan fingerprint density at radius 3 is 2.50 bits per heavy atom. The van der Waals surface area contributed by atoms with E-state index < -0.39 is 0 Å². The lowest BCUT2D eigenvalue weighted by molar-refractivity contribution is 0.461. The number of benzene rings is 1. The smallest absolute Gasteiger partial charge is 0.225 e. The summed E-state index contributed by atoms with van der Waals surface area (Å²) in [5, 5.41) is 7.06. The Morgan fingerprint density at radius 2 is 1.71 bits per heavy atom. The summed E-state index contributed by atoms with van der Waals surface area (Å²) in [4.78, 5) is 13.7. The van der Waals surface area contributed by atoms with Crippen LogP contribution in [0.1, 0.15) is 43.2 Å². The van der Waals surface area contributed by atoms with Gasteiger partial charge < -0.3 is 10.6 Å². The van der Waals surface area contributed by atoms with E-state index in [1.54, 1.807) is 12.4 Å². The molecule has 0 unspecified atom stereocenters. The zero-order chi connectivity index (χ0) is 19.3. The molecule has 4 rings (SSSR count). The van der Waals surface area contributed by atoms with E-state index in [0.717, 1.165) is 22.8 Å². The highest BCUT2D eigenvalue weighted by atomic mass is 15.2. The average Bonchev–Trinajstić information content (AvgIpc) is 2.73. The lowest BCUT2D eigenvalue weighted by Crippen LogP contribution is -2.23. The van der Waals surface area contributed by atoms with Gasteiger partial charge >= 0.3 is 0 Å². The van der Waals surface area contributed by atoms with Crippen LogP contribution in [-0.2, 0) is 0 Å². The molecule has 0 atom stereocenters. The van der Waals surface area contributed by atoms with Crippen LogP contribution in [0.15, 0.2) is 48.8 Å². The second-order valence-corrected chi connectivity index (χ2v) is 7.55. The lowest BCUT2D eigenvalue weighted by atomic mass is 9.96. The summed E-state index contributed by atoms with van der Waals surface area (Å²) >= 11 is 0. The van der Waals surface area contributed by atoms with Gasteiger partial charge in [0.15, 0.2) is 0 Å². The highest BCUT2D eigenvalue weighted by molar-refractivity contribution is 5.68. The van der Waals surface area contributed by atoms with E-state index in [1.807, 2.05) is 18.2 Å². The minimum atomic E-state index is 0.454. The highest BCUT2D eigenvalue weighted by Gasteiger charge is 2.16. The van der Waals surface area contributed by atoms with E-state index >= 15 is 0 Å². The number of aromatic nitrogens is 3. The van der Waals surface area contributed by atoms with E-state index in [1.165, 1.54) is 43.2 Å². The van der Waals surface area contributed by atoms with Crippen molar-refractivity contribution in [2.24, 2.45) is 0 Å². The van der Waals surface area contributed by atoms with Crippen molar-refractivity contribution < 1.29 is 0 Å². The molecule has 2 N–H and O–H groups in total. The Labute approximate surface area is 166 Å². The van der Waals surface area contributed by atoms with E-state index in [2.05, 4.69) is 47.7 Å². The van der Waals surface area contributed by atoms with E-state index in [0.29, 0.717) is 12.0 Å². The standard InChI is InChI=1S/C23H27N5/c1-16-7-6-10-20(17(16)2)26-22-15-21(18-11-13-24-14-12-18)27-23(28-22)25-19-8-4-3-5-9-19/h6-7,10-15,19H,3-5,8-9H2,1-2H3,(H2,25,26,27,28). The normalized spacial score (nSPS) is 14.6. The van der Waals surface area contributed by atoms with Gasteiger partial charge in [-0.15, -0.1) is 0 Å². The number of nitrogens with zero attached hydrogens (tertiary/aromatic N) is 3. The molecule has 1 aliphatic carbocycles. The third-order valence-electron chi connectivity index (χ3n) is 5.51. The molecule has 1 fully saturated rings. The molecule has 0 bridgehead atoms. The molecule has 5 nitrogen and oxygen atoms in total.